The molecule has 1 aromatic rings. The molecule has 0 amide bonds. The molecule has 0 aliphatic heterocycles. The second-order valence-corrected chi connectivity index (χ2v) is 6.59. The standard InChI is InChI=1S/C12H12Si/c1-5-13(4,6-2)12-10-8-7-9-11(12)3/h1-2,7-10H,3-4H3. The molecule has 1 aromatic carbocycles. The fourth-order valence-corrected chi connectivity index (χ4v) is 3.03. The van der Waals surface area contributed by atoms with Crippen molar-refractivity contribution in [2.75, 3.05) is 0 Å². The monoisotopic (exact) mass is 184 g/mol. The molecule has 0 heterocycles. The molecule has 64 valence electrons. The Hall–Kier alpha value is -1.44. The molecular formula is C12H12Si. The summed E-state index contributed by atoms with van der Waals surface area (Å²) in [7, 11) is -2.06. The topological polar surface area (TPSA) is 0 Å². The lowest BCUT2D eigenvalue weighted by molar-refractivity contribution is 1.51. The van der Waals surface area contributed by atoms with Crippen LogP contribution in [0.2, 0.25) is 6.55 Å². The molecule has 0 N–H and O–H groups in total. The van der Waals surface area contributed by atoms with E-state index in [4.69, 9.17) is 12.8 Å². The van der Waals surface area contributed by atoms with Crippen molar-refractivity contribution in [3.05, 3.63) is 29.8 Å². The van der Waals surface area contributed by atoms with Crippen molar-refractivity contribution in [1.29, 1.82) is 0 Å². The Labute approximate surface area is 81.0 Å². The van der Waals surface area contributed by atoms with Crippen LogP contribution in [0, 0.1) is 30.9 Å². The summed E-state index contributed by atoms with van der Waals surface area (Å²) >= 11 is 0. The Bertz CT molecular complexity index is 376. The molecule has 0 saturated carbocycles. The second-order valence-electron chi connectivity index (χ2n) is 3.23. The maximum absolute atomic E-state index is 5.49. The molecule has 0 atom stereocenters. The number of hydrogen-bond acceptors (Lipinski definition) is 0. The van der Waals surface area contributed by atoms with Crippen molar-refractivity contribution in [3.8, 4) is 23.9 Å². The van der Waals surface area contributed by atoms with Gasteiger partial charge >= 0.3 is 0 Å². The first kappa shape index (κ1) is 9.64. The molecule has 13 heavy (non-hydrogen) atoms. The summed E-state index contributed by atoms with van der Waals surface area (Å²) in [5.41, 5.74) is 6.78. The first-order chi connectivity index (χ1) is 6.14. The number of aryl methyl sites for hydroxylation is 1. The van der Waals surface area contributed by atoms with Gasteiger partial charge in [-0.3, -0.25) is 0 Å². The molecule has 0 saturated heterocycles. The Morgan fingerprint density at radius 2 is 1.69 bits per heavy atom. The van der Waals surface area contributed by atoms with Crippen LogP contribution in [0.25, 0.3) is 0 Å². The van der Waals surface area contributed by atoms with E-state index in [1.807, 2.05) is 24.7 Å². The van der Waals surface area contributed by atoms with E-state index in [2.05, 4.69) is 24.1 Å². The summed E-state index contributed by atoms with van der Waals surface area (Å²) < 4.78 is 0. The normalized spacial score (nSPS) is 10.2. The van der Waals surface area contributed by atoms with Crippen molar-refractivity contribution >= 4 is 13.3 Å². The van der Waals surface area contributed by atoms with Gasteiger partial charge in [0.15, 0.2) is 0 Å². The Kier molecular flexibility index (Phi) is 2.61. The minimum Gasteiger partial charge on any atom is -0.126 e. The summed E-state index contributed by atoms with van der Waals surface area (Å²) in [5.74, 6) is 0. The zero-order valence-corrected chi connectivity index (χ0v) is 8.96. The lowest BCUT2D eigenvalue weighted by Gasteiger charge is -2.16. The van der Waals surface area contributed by atoms with E-state index in [9.17, 15) is 0 Å². The highest BCUT2D eigenvalue weighted by Crippen LogP contribution is 2.04. The molecule has 0 unspecified atom stereocenters. The Balaban J connectivity index is 3.33. The van der Waals surface area contributed by atoms with E-state index in [0.717, 1.165) is 0 Å². The molecule has 0 nitrogen and oxygen atoms in total. The predicted octanol–water partition coefficient (Wildman–Crippen LogP) is 1.63. The average molecular weight is 184 g/mol. The molecule has 0 fully saturated rings. The van der Waals surface area contributed by atoms with Crippen LogP contribution in [0.3, 0.4) is 0 Å². The van der Waals surface area contributed by atoms with Crippen molar-refractivity contribution in [1.82, 2.24) is 0 Å². The highest BCUT2D eigenvalue weighted by atomic mass is 28.3. The Morgan fingerprint density at radius 3 is 2.15 bits per heavy atom. The van der Waals surface area contributed by atoms with Gasteiger partial charge in [-0.1, -0.05) is 24.3 Å². The first-order valence-electron chi connectivity index (χ1n) is 4.15. The summed E-state index contributed by atoms with van der Waals surface area (Å²) in [6, 6.07) is 8.08. The van der Waals surface area contributed by atoms with Gasteiger partial charge in [-0.2, -0.15) is 0 Å². The third kappa shape index (κ3) is 1.66. The average Bonchev–Trinajstić information content (AvgIpc) is 2.17. The third-order valence-electron chi connectivity index (χ3n) is 2.26. The van der Waals surface area contributed by atoms with Crippen LogP contribution in [-0.2, 0) is 0 Å². The maximum atomic E-state index is 5.49. The van der Waals surface area contributed by atoms with E-state index in [1.165, 1.54) is 10.8 Å². The number of hydrogen-bond donors (Lipinski definition) is 0. The van der Waals surface area contributed by atoms with Gasteiger partial charge in [-0.15, -0.1) is 23.9 Å². The quantitative estimate of drug-likeness (QED) is 0.459. The molecule has 0 aromatic heterocycles. The largest absolute Gasteiger partial charge is 0.242 e. The van der Waals surface area contributed by atoms with E-state index >= 15 is 0 Å². The van der Waals surface area contributed by atoms with Gasteiger partial charge in [0, 0.05) is 0 Å². The zero-order chi connectivity index (χ0) is 9.90. The molecule has 1 heteroatoms. The van der Waals surface area contributed by atoms with Crippen LogP contribution in [0.15, 0.2) is 24.3 Å². The van der Waals surface area contributed by atoms with E-state index in [1.54, 1.807) is 0 Å². The fourth-order valence-electron chi connectivity index (χ4n) is 1.33. The maximum Gasteiger partial charge on any atom is 0.242 e. The zero-order valence-electron chi connectivity index (χ0n) is 7.96. The minimum absolute atomic E-state index is 1.18. The van der Waals surface area contributed by atoms with Crippen LogP contribution in [0.4, 0.5) is 0 Å². The summed E-state index contributed by atoms with van der Waals surface area (Å²) in [6.45, 7) is 4.07. The van der Waals surface area contributed by atoms with Crippen molar-refractivity contribution in [2.24, 2.45) is 0 Å². The number of terminal acetylenes is 2. The summed E-state index contributed by atoms with van der Waals surface area (Å²) in [5, 5.41) is 1.18. The molecule has 0 aliphatic carbocycles. The van der Waals surface area contributed by atoms with Gasteiger partial charge < -0.3 is 0 Å². The van der Waals surface area contributed by atoms with Gasteiger partial charge in [-0.05, 0) is 24.2 Å². The summed E-state index contributed by atoms with van der Waals surface area (Å²) in [4.78, 5) is 0. The Morgan fingerprint density at radius 1 is 1.15 bits per heavy atom. The minimum atomic E-state index is -2.06. The fraction of sp³-hybridized carbons (Fsp3) is 0.167. The van der Waals surface area contributed by atoms with Gasteiger partial charge in [0.25, 0.3) is 0 Å². The first-order valence-corrected chi connectivity index (χ1v) is 6.65. The smallest absolute Gasteiger partial charge is 0.126 e. The van der Waals surface area contributed by atoms with Crippen LogP contribution in [0.1, 0.15) is 5.56 Å². The lowest BCUT2D eigenvalue weighted by atomic mass is 10.2. The molecular weight excluding hydrogens is 172 g/mol. The number of benzene rings is 1. The van der Waals surface area contributed by atoms with Crippen molar-refractivity contribution in [2.45, 2.75) is 13.5 Å². The van der Waals surface area contributed by atoms with Gasteiger partial charge in [0.05, 0.1) is 0 Å². The predicted molar refractivity (Wildman–Crippen MR) is 60.1 cm³/mol. The lowest BCUT2D eigenvalue weighted by Crippen LogP contribution is -2.43. The van der Waals surface area contributed by atoms with E-state index in [0.29, 0.717) is 0 Å². The summed E-state index contributed by atoms with van der Waals surface area (Å²) in [6.07, 6.45) is 11.0. The van der Waals surface area contributed by atoms with Crippen LogP contribution >= 0.6 is 0 Å². The van der Waals surface area contributed by atoms with Gasteiger partial charge in [0.2, 0.25) is 8.07 Å². The SMILES string of the molecule is C#C[Si](C)(C#C)c1ccccc1C. The van der Waals surface area contributed by atoms with Crippen LogP contribution < -0.4 is 5.19 Å². The second kappa shape index (κ2) is 3.52. The van der Waals surface area contributed by atoms with E-state index < -0.39 is 8.07 Å². The van der Waals surface area contributed by atoms with E-state index in [-0.39, 0.29) is 0 Å². The number of rotatable bonds is 1. The van der Waals surface area contributed by atoms with Gasteiger partial charge in [-0.25, -0.2) is 0 Å². The van der Waals surface area contributed by atoms with Crippen LogP contribution in [-0.4, -0.2) is 8.07 Å². The van der Waals surface area contributed by atoms with Crippen molar-refractivity contribution < 1.29 is 0 Å². The third-order valence-corrected chi connectivity index (χ3v) is 5.05. The molecule has 0 spiro atoms. The van der Waals surface area contributed by atoms with Gasteiger partial charge in [0.1, 0.15) is 0 Å². The van der Waals surface area contributed by atoms with Crippen LogP contribution in [0.5, 0.6) is 0 Å². The van der Waals surface area contributed by atoms with Crippen molar-refractivity contribution in [3.63, 3.8) is 0 Å². The molecule has 0 bridgehead atoms. The highest BCUT2D eigenvalue weighted by Gasteiger charge is 2.26. The molecule has 0 aliphatic rings. The molecule has 1 rings (SSSR count). The highest BCUT2D eigenvalue weighted by molar-refractivity contribution is 7.03. The molecule has 0 radical (unpaired) electrons.